The molecule has 1 fully saturated rings. The Bertz CT molecular complexity index is 161. The van der Waals surface area contributed by atoms with Crippen LogP contribution in [0.5, 0.6) is 0 Å². The first-order valence-corrected chi connectivity index (χ1v) is 5.41. The molecule has 0 amide bonds. The van der Waals surface area contributed by atoms with Crippen LogP contribution >= 0.6 is 0 Å². The van der Waals surface area contributed by atoms with Gasteiger partial charge < -0.3 is 10.6 Å². The van der Waals surface area contributed by atoms with Gasteiger partial charge in [0.1, 0.15) is 0 Å². The third-order valence-corrected chi connectivity index (χ3v) is 3.63. The van der Waals surface area contributed by atoms with E-state index in [1.807, 2.05) is 0 Å². The van der Waals surface area contributed by atoms with Gasteiger partial charge in [0.25, 0.3) is 0 Å². The lowest BCUT2D eigenvalue weighted by Crippen LogP contribution is -2.39. The molecule has 1 aliphatic rings. The Hall–Kier alpha value is -0.0800. The SMILES string of the molecule is CC(C)C(C)N(C)CC1(CN)CC1. The second-order valence-corrected chi connectivity index (χ2v) is 5.10. The molecule has 0 aromatic rings. The molecule has 1 unspecified atom stereocenters. The van der Waals surface area contributed by atoms with Crippen molar-refractivity contribution in [3.8, 4) is 0 Å². The number of hydrogen-bond donors (Lipinski definition) is 1. The topological polar surface area (TPSA) is 29.3 Å². The molecule has 0 aromatic carbocycles. The number of nitrogens with zero attached hydrogens (tertiary/aromatic N) is 1. The standard InChI is InChI=1S/C11H24N2/c1-9(2)10(3)13(4)8-11(7-12)5-6-11/h9-10H,5-8,12H2,1-4H3. The molecule has 1 atom stereocenters. The predicted octanol–water partition coefficient (Wildman–Crippen LogP) is 1.70. The molecule has 0 heterocycles. The Morgan fingerprint density at radius 3 is 2.15 bits per heavy atom. The van der Waals surface area contributed by atoms with Gasteiger partial charge in [0.15, 0.2) is 0 Å². The van der Waals surface area contributed by atoms with Crippen molar-refractivity contribution in [2.45, 2.75) is 39.7 Å². The van der Waals surface area contributed by atoms with Crippen LogP contribution in [-0.2, 0) is 0 Å². The van der Waals surface area contributed by atoms with Gasteiger partial charge in [0.2, 0.25) is 0 Å². The summed E-state index contributed by atoms with van der Waals surface area (Å²) < 4.78 is 0. The smallest absolute Gasteiger partial charge is 0.00871 e. The third-order valence-electron chi connectivity index (χ3n) is 3.63. The second-order valence-electron chi connectivity index (χ2n) is 5.10. The Kier molecular flexibility index (Phi) is 3.36. The van der Waals surface area contributed by atoms with E-state index in [0.717, 1.165) is 12.5 Å². The van der Waals surface area contributed by atoms with E-state index in [4.69, 9.17) is 5.73 Å². The van der Waals surface area contributed by atoms with Gasteiger partial charge in [-0.25, -0.2) is 0 Å². The molecular formula is C11H24N2. The highest BCUT2D eigenvalue weighted by Gasteiger charge is 2.42. The average molecular weight is 184 g/mol. The molecule has 0 saturated heterocycles. The molecule has 2 nitrogen and oxygen atoms in total. The maximum Gasteiger partial charge on any atom is 0.00871 e. The lowest BCUT2D eigenvalue weighted by Gasteiger charge is -2.31. The number of nitrogens with two attached hydrogens (primary N) is 1. The average Bonchev–Trinajstić information content (AvgIpc) is 2.84. The Labute approximate surface area is 82.5 Å². The minimum absolute atomic E-state index is 0.484. The highest BCUT2D eigenvalue weighted by atomic mass is 15.1. The number of rotatable bonds is 5. The van der Waals surface area contributed by atoms with Gasteiger partial charge in [-0.1, -0.05) is 13.8 Å². The fraction of sp³-hybridized carbons (Fsp3) is 1.00. The highest BCUT2D eigenvalue weighted by Crippen LogP contribution is 2.45. The highest BCUT2D eigenvalue weighted by molar-refractivity contribution is 4.96. The maximum atomic E-state index is 5.77. The largest absolute Gasteiger partial charge is 0.330 e. The van der Waals surface area contributed by atoms with E-state index in [0.29, 0.717) is 11.5 Å². The van der Waals surface area contributed by atoms with Crippen LogP contribution in [0.4, 0.5) is 0 Å². The van der Waals surface area contributed by atoms with E-state index < -0.39 is 0 Å². The summed E-state index contributed by atoms with van der Waals surface area (Å²) in [5.74, 6) is 0.735. The first-order valence-electron chi connectivity index (χ1n) is 5.41. The Morgan fingerprint density at radius 1 is 1.31 bits per heavy atom. The van der Waals surface area contributed by atoms with Gasteiger partial charge in [0, 0.05) is 12.6 Å². The minimum atomic E-state index is 0.484. The zero-order valence-electron chi connectivity index (χ0n) is 9.51. The molecule has 0 aliphatic heterocycles. The van der Waals surface area contributed by atoms with Crippen molar-refractivity contribution in [3.63, 3.8) is 0 Å². The van der Waals surface area contributed by atoms with Crippen LogP contribution in [0, 0.1) is 11.3 Å². The fourth-order valence-electron chi connectivity index (χ4n) is 1.79. The van der Waals surface area contributed by atoms with Crippen molar-refractivity contribution in [2.75, 3.05) is 20.1 Å². The zero-order valence-corrected chi connectivity index (χ0v) is 9.51. The Morgan fingerprint density at radius 2 is 1.85 bits per heavy atom. The summed E-state index contributed by atoms with van der Waals surface area (Å²) in [7, 11) is 2.22. The zero-order chi connectivity index (χ0) is 10.1. The molecule has 1 rings (SSSR count). The predicted molar refractivity (Wildman–Crippen MR) is 57.7 cm³/mol. The summed E-state index contributed by atoms with van der Waals surface area (Å²) in [6.07, 6.45) is 2.66. The number of hydrogen-bond acceptors (Lipinski definition) is 2. The van der Waals surface area contributed by atoms with E-state index in [1.165, 1.54) is 19.4 Å². The van der Waals surface area contributed by atoms with Crippen LogP contribution in [-0.4, -0.2) is 31.1 Å². The normalized spacial score (nSPS) is 22.4. The molecule has 2 N–H and O–H groups in total. The van der Waals surface area contributed by atoms with Gasteiger partial charge in [0.05, 0.1) is 0 Å². The van der Waals surface area contributed by atoms with Crippen LogP contribution in [0.2, 0.25) is 0 Å². The van der Waals surface area contributed by atoms with Crippen molar-refractivity contribution in [1.82, 2.24) is 4.90 Å². The molecule has 0 radical (unpaired) electrons. The summed E-state index contributed by atoms with van der Waals surface area (Å²) >= 11 is 0. The van der Waals surface area contributed by atoms with Crippen LogP contribution in [0.25, 0.3) is 0 Å². The van der Waals surface area contributed by atoms with Crippen LogP contribution in [0.1, 0.15) is 33.6 Å². The maximum absolute atomic E-state index is 5.77. The summed E-state index contributed by atoms with van der Waals surface area (Å²) in [5.41, 5.74) is 6.25. The van der Waals surface area contributed by atoms with Crippen molar-refractivity contribution >= 4 is 0 Å². The first kappa shape index (κ1) is 11.0. The van der Waals surface area contributed by atoms with E-state index in [9.17, 15) is 0 Å². The van der Waals surface area contributed by atoms with Crippen molar-refractivity contribution in [2.24, 2.45) is 17.1 Å². The fourth-order valence-corrected chi connectivity index (χ4v) is 1.79. The van der Waals surface area contributed by atoms with E-state index in [-0.39, 0.29) is 0 Å². The summed E-state index contributed by atoms with van der Waals surface area (Å²) in [6, 6.07) is 0.670. The molecule has 1 aliphatic carbocycles. The lowest BCUT2D eigenvalue weighted by atomic mass is 10.0. The summed E-state index contributed by atoms with van der Waals surface area (Å²) in [6.45, 7) is 8.91. The monoisotopic (exact) mass is 184 g/mol. The van der Waals surface area contributed by atoms with Crippen molar-refractivity contribution in [1.29, 1.82) is 0 Å². The molecule has 0 aromatic heterocycles. The van der Waals surface area contributed by atoms with Crippen LogP contribution in [0.15, 0.2) is 0 Å². The molecule has 78 valence electrons. The molecule has 13 heavy (non-hydrogen) atoms. The van der Waals surface area contributed by atoms with E-state index >= 15 is 0 Å². The quantitative estimate of drug-likeness (QED) is 0.704. The summed E-state index contributed by atoms with van der Waals surface area (Å²) in [5, 5.41) is 0. The van der Waals surface area contributed by atoms with Gasteiger partial charge in [-0.15, -0.1) is 0 Å². The van der Waals surface area contributed by atoms with Crippen LogP contribution in [0.3, 0.4) is 0 Å². The summed E-state index contributed by atoms with van der Waals surface area (Å²) in [4.78, 5) is 2.46. The Balaban J connectivity index is 2.36. The van der Waals surface area contributed by atoms with E-state index in [1.54, 1.807) is 0 Å². The third kappa shape index (κ3) is 2.68. The second kappa shape index (κ2) is 3.97. The van der Waals surface area contributed by atoms with Crippen molar-refractivity contribution < 1.29 is 0 Å². The van der Waals surface area contributed by atoms with Gasteiger partial charge in [-0.2, -0.15) is 0 Å². The van der Waals surface area contributed by atoms with E-state index in [2.05, 4.69) is 32.7 Å². The molecule has 0 bridgehead atoms. The van der Waals surface area contributed by atoms with Gasteiger partial charge >= 0.3 is 0 Å². The minimum Gasteiger partial charge on any atom is -0.330 e. The van der Waals surface area contributed by atoms with Gasteiger partial charge in [-0.3, -0.25) is 0 Å². The molecule has 2 heteroatoms. The van der Waals surface area contributed by atoms with Crippen molar-refractivity contribution in [3.05, 3.63) is 0 Å². The lowest BCUT2D eigenvalue weighted by molar-refractivity contribution is 0.173. The first-order chi connectivity index (χ1) is 6.01. The molecule has 1 saturated carbocycles. The van der Waals surface area contributed by atoms with Gasteiger partial charge in [-0.05, 0) is 44.7 Å². The molecular weight excluding hydrogens is 160 g/mol. The molecule has 0 spiro atoms. The van der Waals surface area contributed by atoms with Crippen LogP contribution < -0.4 is 5.73 Å².